The zero-order valence-electron chi connectivity index (χ0n) is 30.2. The SMILES string of the molecule is COc1cc([C@H](OC)[C@@H](C)C[C@H](OC)[C@H](OC)[C@@H](C)/C=C(\C)[C@H](O[Si](C)(C)C(C)(C)C)[C@H](/C=C/C=O)OC)c(OC)c([N+](=O)[O-])c1. The molecule has 0 amide bonds. The predicted octanol–water partition coefficient (Wildman–Crippen LogP) is 7.10. The Morgan fingerprint density at radius 2 is 1.61 bits per heavy atom. The lowest BCUT2D eigenvalue weighted by Gasteiger charge is -2.41. The Morgan fingerprint density at radius 3 is 2.04 bits per heavy atom. The lowest BCUT2D eigenvalue weighted by molar-refractivity contribution is -0.385. The molecule has 46 heavy (non-hydrogen) atoms. The van der Waals surface area contributed by atoms with Gasteiger partial charge in [0.25, 0.3) is 0 Å². The van der Waals surface area contributed by atoms with Gasteiger partial charge in [0.15, 0.2) is 8.32 Å². The van der Waals surface area contributed by atoms with Crippen molar-refractivity contribution in [2.24, 2.45) is 11.8 Å². The van der Waals surface area contributed by atoms with Crippen LogP contribution >= 0.6 is 0 Å². The second kappa shape index (κ2) is 18.7. The number of methoxy groups -OCH3 is 6. The zero-order chi connectivity index (χ0) is 35.4. The second-order valence-electron chi connectivity index (χ2n) is 13.2. The Morgan fingerprint density at radius 1 is 0.978 bits per heavy atom. The molecule has 0 aliphatic carbocycles. The van der Waals surface area contributed by atoms with E-state index in [9.17, 15) is 14.9 Å². The summed E-state index contributed by atoms with van der Waals surface area (Å²) in [4.78, 5) is 22.5. The van der Waals surface area contributed by atoms with Crippen LogP contribution in [0.25, 0.3) is 0 Å². The summed E-state index contributed by atoms with van der Waals surface area (Å²) >= 11 is 0. The molecule has 12 heteroatoms. The number of aldehydes is 1. The number of carbonyl (C=O) groups excluding carboxylic acids is 1. The maximum Gasteiger partial charge on any atom is 0.315 e. The molecule has 0 heterocycles. The number of hydrogen-bond donors (Lipinski definition) is 0. The molecule has 0 aliphatic rings. The van der Waals surface area contributed by atoms with Crippen molar-refractivity contribution in [1.29, 1.82) is 0 Å². The number of carbonyl (C=O) groups is 1. The highest BCUT2D eigenvalue weighted by atomic mass is 28.4. The smallest absolute Gasteiger partial charge is 0.315 e. The number of hydrogen-bond acceptors (Lipinski definition) is 10. The summed E-state index contributed by atoms with van der Waals surface area (Å²) in [6, 6.07) is 3.04. The maximum atomic E-state index is 11.8. The minimum atomic E-state index is -2.24. The first kappa shape index (κ1) is 41.4. The number of allylic oxidation sites excluding steroid dienone is 1. The fourth-order valence-corrected chi connectivity index (χ4v) is 6.81. The Kier molecular flexibility index (Phi) is 16.8. The van der Waals surface area contributed by atoms with Crippen LogP contribution in [0.2, 0.25) is 18.1 Å². The van der Waals surface area contributed by atoms with Crippen molar-refractivity contribution in [3.63, 3.8) is 0 Å². The van der Waals surface area contributed by atoms with Gasteiger partial charge in [-0.3, -0.25) is 14.9 Å². The van der Waals surface area contributed by atoms with Crippen LogP contribution in [-0.2, 0) is 28.2 Å². The first-order valence-corrected chi connectivity index (χ1v) is 18.4. The average Bonchev–Trinajstić information content (AvgIpc) is 2.99. The summed E-state index contributed by atoms with van der Waals surface area (Å²) in [5.41, 5.74) is 1.26. The van der Waals surface area contributed by atoms with Crippen LogP contribution in [0.15, 0.2) is 35.9 Å². The highest BCUT2D eigenvalue weighted by Gasteiger charge is 2.41. The Balaban J connectivity index is 3.48. The number of ether oxygens (including phenoxy) is 6. The molecule has 0 fully saturated rings. The molecule has 0 spiro atoms. The quantitative estimate of drug-likeness (QED) is 0.0355. The fraction of sp³-hybridized carbons (Fsp3) is 0.676. The van der Waals surface area contributed by atoms with E-state index in [0.29, 0.717) is 17.7 Å². The van der Waals surface area contributed by atoms with Gasteiger partial charge in [0, 0.05) is 39.9 Å². The van der Waals surface area contributed by atoms with E-state index < -0.39 is 31.6 Å². The van der Waals surface area contributed by atoms with Crippen LogP contribution in [0.1, 0.15) is 59.6 Å². The molecule has 262 valence electrons. The predicted molar refractivity (Wildman–Crippen MR) is 182 cm³/mol. The first-order chi connectivity index (χ1) is 21.5. The van der Waals surface area contributed by atoms with E-state index in [1.54, 1.807) is 40.6 Å². The Labute approximate surface area is 276 Å². The van der Waals surface area contributed by atoms with Crippen LogP contribution in [0.3, 0.4) is 0 Å². The van der Waals surface area contributed by atoms with E-state index in [2.05, 4.69) is 46.9 Å². The van der Waals surface area contributed by atoms with E-state index in [-0.39, 0.29) is 40.5 Å². The molecular formula is C34H57NO10Si. The summed E-state index contributed by atoms with van der Waals surface area (Å²) in [6.07, 6.45) is 4.33. The van der Waals surface area contributed by atoms with Crippen LogP contribution in [0.4, 0.5) is 5.69 Å². The van der Waals surface area contributed by atoms with E-state index in [0.717, 1.165) is 11.9 Å². The van der Waals surface area contributed by atoms with E-state index in [4.69, 9.17) is 32.8 Å². The normalized spacial score (nSPS) is 17.6. The molecule has 1 aromatic carbocycles. The van der Waals surface area contributed by atoms with Crippen molar-refractivity contribution in [3.05, 3.63) is 51.6 Å². The number of rotatable bonds is 20. The number of nitro groups is 1. The molecule has 11 nitrogen and oxygen atoms in total. The van der Waals surface area contributed by atoms with Gasteiger partial charge in [-0.2, -0.15) is 0 Å². The highest BCUT2D eigenvalue weighted by molar-refractivity contribution is 6.74. The van der Waals surface area contributed by atoms with Gasteiger partial charge in [-0.1, -0.05) is 40.7 Å². The van der Waals surface area contributed by atoms with Crippen molar-refractivity contribution in [2.75, 3.05) is 42.7 Å². The Hall–Kier alpha value is -2.61. The largest absolute Gasteiger partial charge is 0.496 e. The lowest BCUT2D eigenvalue weighted by Crippen LogP contribution is -2.47. The van der Waals surface area contributed by atoms with Crippen molar-refractivity contribution in [1.82, 2.24) is 0 Å². The summed E-state index contributed by atoms with van der Waals surface area (Å²) in [7, 11) is 7.08. The fourth-order valence-electron chi connectivity index (χ4n) is 5.50. The minimum Gasteiger partial charge on any atom is -0.496 e. The van der Waals surface area contributed by atoms with Crippen LogP contribution in [0, 0.1) is 22.0 Å². The zero-order valence-corrected chi connectivity index (χ0v) is 31.2. The molecule has 1 aromatic rings. The maximum absolute atomic E-state index is 11.8. The van der Waals surface area contributed by atoms with Gasteiger partial charge in [-0.05, 0) is 61.2 Å². The molecule has 0 saturated heterocycles. The van der Waals surface area contributed by atoms with Gasteiger partial charge in [0.2, 0.25) is 5.75 Å². The van der Waals surface area contributed by atoms with Crippen LogP contribution < -0.4 is 9.47 Å². The molecule has 0 bridgehead atoms. The molecule has 1 rings (SSSR count). The summed E-state index contributed by atoms with van der Waals surface area (Å²) in [6.45, 7) is 17.0. The van der Waals surface area contributed by atoms with Crippen LogP contribution in [-0.4, -0.2) is 86.6 Å². The summed E-state index contributed by atoms with van der Waals surface area (Å²) < 4.78 is 41.5. The lowest BCUT2D eigenvalue weighted by atomic mass is 9.86. The molecule has 0 saturated carbocycles. The number of benzene rings is 1. The second-order valence-corrected chi connectivity index (χ2v) is 17.9. The standard InChI is InChI=1S/C34H57NO10Si/c1-22(18-23(2)32(28(40-8)16-15-17-36)45-46(13,14)34(4,5)6)31(43-11)29(41-9)19-24(3)30(42-10)26-20-25(39-7)21-27(35(37)38)33(26)44-12/h15-18,20-22,24,28-32H,19H2,1-14H3/b16-15+,23-18+/t22-,24-,28-,29-,30+,31+,32-/m0/s1. The third-order valence-electron chi connectivity index (χ3n) is 9.00. The number of nitro benzene ring substituents is 1. The Bertz CT molecular complexity index is 1180. The van der Waals surface area contributed by atoms with Crippen molar-refractivity contribution in [3.8, 4) is 11.5 Å². The first-order valence-electron chi connectivity index (χ1n) is 15.5. The highest BCUT2D eigenvalue weighted by Crippen LogP contribution is 2.43. The molecule has 0 aliphatic heterocycles. The van der Waals surface area contributed by atoms with E-state index in [1.807, 2.05) is 13.8 Å². The third kappa shape index (κ3) is 10.7. The molecule has 0 unspecified atom stereocenters. The van der Waals surface area contributed by atoms with Crippen LogP contribution in [0.5, 0.6) is 11.5 Å². The molecule has 0 aromatic heterocycles. The van der Waals surface area contributed by atoms with Gasteiger partial charge < -0.3 is 32.8 Å². The van der Waals surface area contributed by atoms with Gasteiger partial charge >= 0.3 is 5.69 Å². The monoisotopic (exact) mass is 667 g/mol. The van der Waals surface area contributed by atoms with E-state index in [1.165, 1.54) is 26.4 Å². The van der Waals surface area contributed by atoms with Gasteiger partial charge in [-0.25, -0.2) is 0 Å². The third-order valence-corrected chi connectivity index (χ3v) is 13.5. The van der Waals surface area contributed by atoms with Gasteiger partial charge in [0.05, 0.1) is 49.6 Å². The number of nitrogens with zero attached hydrogens (tertiary/aromatic N) is 1. The molecular weight excluding hydrogens is 610 g/mol. The molecule has 7 atom stereocenters. The van der Waals surface area contributed by atoms with Gasteiger partial charge in [0.1, 0.15) is 18.1 Å². The molecule has 0 radical (unpaired) electrons. The van der Waals surface area contributed by atoms with Crippen molar-refractivity contribution >= 4 is 20.3 Å². The average molecular weight is 668 g/mol. The molecule has 0 N–H and O–H groups in total. The topological polar surface area (TPSA) is 125 Å². The van der Waals surface area contributed by atoms with Crippen molar-refractivity contribution < 1.29 is 42.6 Å². The summed E-state index contributed by atoms with van der Waals surface area (Å²) in [5.74, 6) is 0.161. The van der Waals surface area contributed by atoms with Crippen molar-refractivity contribution in [2.45, 2.75) is 96.6 Å². The van der Waals surface area contributed by atoms with E-state index >= 15 is 0 Å². The van der Waals surface area contributed by atoms with Gasteiger partial charge in [-0.15, -0.1) is 0 Å². The summed E-state index contributed by atoms with van der Waals surface area (Å²) in [5, 5.41) is 11.8. The minimum absolute atomic E-state index is 0.0417.